The van der Waals surface area contributed by atoms with Gasteiger partial charge in [0.05, 0.1) is 11.9 Å². The Hall–Kier alpha value is -4.52. The normalized spacial score (nSPS) is 10.9. The van der Waals surface area contributed by atoms with Gasteiger partial charge in [0.15, 0.2) is 6.61 Å². The van der Waals surface area contributed by atoms with Crippen molar-refractivity contribution in [1.82, 2.24) is 15.2 Å². The fourth-order valence-corrected chi connectivity index (χ4v) is 3.35. The molecule has 0 aliphatic heterocycles. The Kier molecular flexibility index (Phi) is 7.25. The number of hydrogen-bond acceptors (Lipinski definition) is 4. The lowest BCUT2D eigenvalue weighted by molar-refractivity contribution is -0.123. The standard InChI is InChI=1S/C27H23FN4O2/c1-2-8-20-9-6-7-12-25(20)34-19-26(33)30-29-17-22-18-32(24-10-4-3-5-11-24)31-27(22)21-13-15-23(28)16-14-21/h2-7,9-18H,1,8,19H2,(H,30,33). The van der Waals surface area contributed by atoms with Crippen LogP contribution in [0.15, 0.2) is 103 Å². The summed E-state index contributed by atoms with van der Waals surface area (Å²) in [5.74, 6) is -0.101. The maximum atomic E-state index is 13.4. The van der Waals surface area contributed by atoms with E-state index in [0.717, 1.165) is 16.8 Å². The van der Waals surface area contributed by atoms with Crippen molar-refractivity contribution in [2.75, 3.05) is 6.61 Å². The first-order valence-electron chi connectivity index (χ1n) is 10.7. The highest BCUT2D eigenvalue weighted by Gasteiger charge is 2.12. The molecule has 6 nitrogen and oxygen atoms in total. The average Bonchev–Trinajstić information content (AvgIpc) is 3.29. The number of nitrogens with one attached hydrogen (secondary N) is 1. The number of hydrazone groups is 1. The molecular formula is C27H23FN4O2. The van der Waals surface area contributed by atoms with Gasteiger partial charge in [-0.3, -0.25) is 4.79 Å². The third-order valence-electron chi connectivity index (χ3n) is 4.97. The molecule has 0 bridgehead atoms. The second-order valence-corrected chi connectivity index (χ2v) is 7.40. The first kappa shape index (κ1) is 22.7. The molecule has 4 rings (SSSR count). The fraction of sp³-hybridized carbons (Fsp3) is 0.0741. The zero-order chi connectivity index (χ0) is 23.8. The summed E-state index contributed by atoms with van der Waals surface area (Å²) >= 11 is 0. The van der Waals surface area contributed by atoms with Crippen molar-refractivity contribution in [3.05, 3.63) is 115 Å². The van der Waals surface area contributed by atoms with Crippen molar-refractivity contribution in [1.29, 1.82) is 0 Å². The van der Waals surface area contributed by atoms with E-state index < -0.39 is 5.91 Å². The van der Waals surface area contributed by atoms with Crippen molar-refractivity contribution in [2.45, 2.75) is 6.42 Å². The van der Waals surface area contributed by atoms with Crippen LogP contribution in [0.3, 0.4) is 0 Å². The highest BCUT2D eigenvalue weighted by Crippen LogP contribution is 2.23. The first-order chi connectivity index (χ1) is 16.6. The molecule has 4 aromatic rings. The second kappa shape index (κ2) is 10.9. The summed E-state index contributed by atoms with van der Waals surface area (Å²) < 4.78 is 20.8. The molecule has 0 saturated heterocycles. The lowest BCUT2D eigenvalue weighted by atomic mass is 10.1. The molecule has 1 heterocycles. The number of carbonyl (C=O) groups excluding carboxylic acids is 1. The molecule has 0 spiro atoms. The van der Waals surface area contributed by atoms with Gasteiger partial charge in [-0.25, -0.2) is 14.5 Å². The molecule has 7 heteroatoms. The predicted octanol–water partition coefficient (Wildman–Crippen LogP) is 4.94. The van der Waals surface area contributed by atoms with Crippen LogP contribution >= 0.6 is 0 Å². The van der Waals surface area contributed by atoms with Crippen LogP contribution in [0.2, 0.25) is 0 Å². The number of halogens is 1. The number of carbonyl (C=O) groups is 1. The van der Waals surface area contributed by atoms with E-state index in [1.165, 1.54) is 18.3 Å². The Morgan fingerprint density at radius 3 is 2.56 bits per heavy atom. The molecule has 0 saturated carbocycles. The number of rotatable bonds is 9. The van der Waals surface area contributed by atoms with Crippen molar-refractivity contribution in [3.8, 4) is 22.7 Å². The van der Waals surface area contributed by atoms with Gasteiger partial charge < -0.3 is 4.74 Å². The Balaban J connectivity index is 1.48. The molecule has 0 aliphatic carbocycles. The average molecular weight is 455 g/mol. The molecule has 170 valence electrons. The van der Waals surface area contributed by atoms with E-state index in [-0.39, 0.29) is 12.4 Å². The first-order valence-corrected chi connectivity index (χ1v) is 10.7. The van der Waals surface area contributed by atoms with Crippen LogP contribution in [-0.2, 0) is 11.2 Å². The summed E-state index contributed by atoms with van der Waals surface area (Å²) in [4.78, 5) is 12.3. The van der Waals surface area contributed by atoms with E-state index in [2.05, 4.69) is 22.2 Å². The topological polar surface area (TPSA) is 68.5 Å². The molecule has 0 unspecified atom stereocenters. The summed E-state index contributed by atoms with van der Waals surface area (Å²) in [6.45, 7) is 3.56. The van der Waals surface area contributed by atoms with Gasteiger partial charge >= 0.3 is 0 Å². The number of para-hydroxylation sites is 2. The Bertz CT molecular complexity index is 1300. The fourth-order valence-electron chi connectivity index (χ4n) is 3.35. The molecule has 0 aliphatic rings. The van der Waals surface area contributed by atoms with Crippen LogP contribution in [0, 0.1) is 5.82 Å². The molecule has 0 radical (unpaired) electrons. The van der Waals surface area contributed by atoms with E-state index in [0.29, 0.717) is 23.4 Å². The summed E-state index contributed by atoms with van der Waals surface area (Å²) in [5.41, 5.74) is 6.29. The van der Waals surface area contributed by atoms with Crippen molar-refractivity contribution in [3.63, 3.8) is 0 Å². The summed E-state index contributed by atoms with van der Waals surface area (Å²) in [6.07, 6.45) is 5.73. The summed E-state index contributed by atoms with van der Waals surface area (Å²) in [6, 6.07) is 23.1. The smallest absolute Gasteiger partial charge is 0.277 e. The molecule has 34 heavy (non-hydrogen) atoms. The molecule has 1 amide bonds. The largest absolute Gasteiger partial charge is 0.483 e. The summed E-state index contributed by atoms with van der Waals surface area (Å²) in [5, 5.41) is 8.71. The number of ether oxygens (including phenoxy) is 1. The maximum absolute atomic E-state index is 13.4. The third kappa shape index (κ3) is 5.63. The number of amides is 1. The highest BCUT2D eigenvalue weighted by atomic mass is 19.1. The predicted molar refractivity (Wildman–Crippen MR) is 131 cm³/mol. The molecule has 1 N–H and O–H groups in total. The number of nitrogens with zero attached hydrogens (tertiary/aromatic N) is 3. The quantitative estimate of drug-likeness (QED) is 0.221. The summed E-state index contributed by atoms with van der Waals surface area (Å²) in [7, 11) is 0. The zero-order valence-electron chi connectivity index (χ0n) is 18.4. The van der Waals surface area contributed by atoms with Gasteiger partial charge in [0.1, 0.15) is 17.3 Å². The Morgan fingerprint density at radius 1 is 1.06 bits per heavy atom. The van der Waals surface area contributed by atoms with Crippen molar-refractivity contribution < 1.29 is 13.9 Å². The van der Waals surface area contributed by atoms with Gasteiger partial charge in [-0.15, -0.1) is 6.58 Å². The minimum absolute atomic E-state index is 0.181. The van der Waals surface area contributed by atoms with Gasteiger partial charge in [-0.05, 0) is 54.4 Å². The van der Waals surface area contributed by atoms with E-state index >= 15 is 0 Å². The minimum atomic E-state index is -0.400. The van der Waals surface area contributed by atoms with Crippen molar-refractivity contribution >= 4 is 12.1 Å². The van der Waals surface area contributed by atoms with E-state index in [4.69, 9.17) is 4.74 Å². The molecule has 0 atom stereocenters. The lowest BCUT2D eigenvalue weighted by Gasteiger charge is -2.09. The molecular weight excluding hydrogens is 431 g/mol. The monoisotopic (exact) mass is 454 g/mol. The lowest BCUT2D eigenvalue weighted by Crippen LogP contribution is -2.24. The van der Waals surface area contributed by atoms with Gasteiger partial charge in [0.25, 0.3) is 5.91 Å². The number of benzene rings is 3. The second-order valence-electron chi connectivity index (χ2n) is 7.40. The number of hydrogen-bond donors (Lipinski definition) is 1. The molecule has 0 fully saturated rings. The SMILES string of the molecule is C=CCc1ccccc1OCC(=O)NN=Cc1cn(-c2ccccc2)nc1-c1ccc(F)cc1. The number of allylic oxidation sites excluding steroid dienone is 1. The molecule has 3 aromatic carbocycles. The van der Waals surface area contributed by atoms with Crippen LogP contribution in [0.1, 0.15) is 11.1 Å². The minimum Gasteiger partial charge on any atom is -0.483 e. The van der Waals surface area contributed by atoms with Crippen LogP contribution < -0.4 is 10.2 Å². The van der Waals surface area contributed by atoms with E-state index in [1.807, 2.05) is 54.6 Å². The van der Waals surface area contributed by atoms with Crippen LogP contribution in [0.5, 0.6) is 5.75 Å². The van der Waals surface area contributed by atoms with Gasteiger partial charge in [0, 0.05) is 17.3 Å². The van der Waals surface area contributed by atoms with Crippen LogP contribution in [-0.4, -0.2) is 28.5 Å². The van der Waals surface area contributed by atoms with Gasteiger partial charge in [0.2, 0.25) is 0 Å². The van der Waals surface area contributed by atoms with Gasteiger partial charge in [-0.2, -0.15) is 10.2 Å². The third-order valence-corrected chi connectivity index (χ3v) is 4.97. The van der Waals surface area contributed by atoms with Crippen molar-refractivity contribution in [2.24, 2.45) is 5.10 Å². The Labute approximate surface area is 197 Å². The van der Waals surface area contributed by atoms with Crippen LogP contribution in [0.25, 0.3) is 16.9 Å². The van der Waals surface area contributed by atoms with E-state index in [9.17, 15) is 9.18 Å². The van der Waals surface area contributed by atoms with E-state index in [1.54, 1.807) is 29.1 Å². The van der Waals surface area contributed by atoms with Gasteiger partial charge in [-0.1, -0.05) is 42.5 Å². The number of aromatic nitrogens is 2. The highest BCUT2D eigenvalue weighted by molar-refractivity contribution is 5.89. The molecule has 1 aromatic heterocycles. The maximum Gasteiger partial charge on any atom is 0.277 e. The Morgan fingerprint density at radius 2 is 1.79 bits per heavy atom. The van der Waals surface area contributed by atoms with Crippen LogP contribution in [0.4, 0.5) is 4.39 Å². The zero-order valence-corrected chi connectivity index (χ0v) is 18.4.